The molecule has 32 heavy (non-hydrogen) atoms. The van der Waals surface area contributed by atoms with Gasteiger partial charge in [-0.2, -0.15) is 15.3 Å². The number of para-hydroxylation sites is 1. The summed E-state index contributed by atoms with van der Waals surface area (Å²) in [6.07, 6.45) is 12.9. The number of fused-ring (bicyclic) bond motifs is 3. The number of hydrogen-bond donors (Lipinski definition) is 0. The third-order valence-corrected chi connectivity index (χ3v) is 6.33. The molecule has 0 spiro atoms. The lowest BCUT2D eigenvalue weighted by molar-refractivity contribution is 0.0540. The first-order chi connectivity index (χ1) is 15.8. The van der Waals surface area contributed by atoms with Crippen molar-refractivity contribution in [2.24, 2.45) is 5.92 Å². The average molecular weight is 428 g/mol. The summed E-state index contributed by atoms with van der Waals surface area (Å²) in [5.41, 5.74) is 3.03. The van der Waals surface area contributed by atoms with Gasteiger partial charge in [0.25, 0.3) is 5.56 Å². The fourth-order valence-electron chi connectivity index (χ4n) is 4.66. The molecule has 2 unspecified atom stereocenters. The highest BCUT2D eigenvalue weighted by Crippen LogP contribution is 2.29. The van der Waals surface area contributed by atoms with E-state index in [1.165, 1.54) is 0 Å². The maximum atomic E-state index is 13.2. The molecule has 2 aromatic rings. The van der Waals surface area contributed by atoms with E-state index in [0.29, 0.717) is 24.5 Å². The minimum atomic E-state index is -0.130. The van der Waals surface area contributed by atoms with Crippen LogP contribution in [0.3, 0.4) is 0 Å². The van der Waals surface area contributed by atoms with Crippen LogP contribution in [0.25, 0.3) is 28.0 Å². The zero-order chi connectivity index (χ0) is 21.5. The van der Waals surface area contributed by atoms with E-state index in [1.54, 1.807) is 10.9 Å². The summed E-state index contributed by atoms with van der Waals surface area (Å²) in [5, 5.41) is 14.8. The number of nitrogens with zero attached hydrogens (tertiary/aromatic N) is 6. The van der Waals surface area contributed by atoms with Crippen molar-refractivity contribution in [3.8, 4) is 11.4 Å². The maximum Gasteiger partial charge on any atom is 0.297 e. The quantitative estimate of drug-likeness (QED) is 0.498. The topological polar surface area (TPSA) is 79.8 Å². The molecule has 1 saturated heterocycles. The van der Waals surface area contributed by atoms with Crippen LogP contribution in [0.1, 0.15) is 25.3 Å². The summed E-state index contributed by atoms with van der Waals surface area (Å²) >= 11 is 0. The molecular formula is C24H24N6O2. The Morgan fingerprint density at radius 1 is 1.12 bits per heavy atom. The monoisotopic (exact) mass is 428 g/mol. The second-order valence-electron chi connectivity index (χ2n) is 8.45. The predicted molar refractivity (Wildman–Crippen MR) is 121 cm³/mol. The van der Waals surface area contributed by atoms with Gasteiger partial charge in [-0.1, -0.05) is 30.4 Å². The minimum Gasteiger partial charge on any atom is -0.379 e. The number of ether oxygens (including phenoxy) is 1. The van der Waals surface area contributed by atoms with Crippen molar-refractivity contribution in [2.45, 2.75) is 31.8 Å². The van der Waals surface area contributed by atoms with Gasteiger partial charge in [0, 0.05) is 36.8 Å². The highest BCUT2D eigenvalue weighted by Gasteiger charge is 2.27. The molecule has 1 fully saturated rings. The Labute approximate surface area is 184 Å². The fourth-order valence-corrected chi connectivity index (χ4v) is 4.66. The number of allylic oxidation sites excluding steroid dienone is 4. The van der Waals surface area contributed by atoms with Gasteiger partial charge in [0.05, 0.1) is 23.9 Å². The van der Waals surface area contributed by atoms with E-state index in [-0.39, 0.29) is 17.5 Å². The van der Waals surface area contributed by atoms with Crippen LogP contribution in [-0.2, 0) is 11.3 Å². The Bertz CT molecular complexity index is 1340. The summed E-state index contributed by atoms with van der Waals surface area (Å²) in [5.74, 6) is 0.282. The lowest BCUT2D eigenvalue weighted by Crippen LogP contribution is -2.29. The van der Waals surface area contributed by atoms with Crippen LogP contribution in [0.4, 0.5) is 0 Å². The molecule has 2 atom stereocenters. The van der Waals surface area contributed by atoms with Gasteiger partial charge in [-0.25, -0.2) is 9.36 Å². The molecule has 0 N–H and O–H groups in total. The molecule has 1 aromatic carbocycles. The fraction of sp³-hybridized carbons (Fsp3) is 0.333. The van der Waals surface area contributed by atoms with Crippen LogP contribution in [0.15, 0.2) is 65.7 Å². The van der Waals surface area contributed by atoms with E-state index < -0.39 is 0 Å². The maximum absolute atomic E-state index is 13.2. The van der Waals surface area contributed by atoms with Gasteiger partial charge < -0.3 is 4.74 Å². The van der Waals surface area contributed by atoms with Crippen LogP contribution in [0.5, 0.6) is 0 Å². The van der Waals surface area contributed by atoms with E-state index in [2.05, 4.69) is 23.3 Å². The standard InChI is InChI=1S/C24H24N6O2/c31-24-23-22(27-30(24)19-5-3-14-32-16-19)20-6-1-2-7-21(20)29(26-23)15-17-8-10-18(11-9-17)28-13-4-12-25-28/h1-2,4,6-8,10-13,17,19H,3,5,9,14-16H2. The summed E-state index contributed by atoms with van der Waals surface area (Å²) in [6, 6.07) is 9.96. The second-order valence-corrected chi connectivity index (χ2v) is 8.45. The lowest BCUT2D eigenvalue weighted by Gasteiger charge is -2.21. The van der Waals surface area contributed by atoms with Crippen LogP contribution in [-0.4, -0.2) is 42.6 Å². The van der Waals surface area contributed by atoms with Gasteiger partial charge in [-0.3, -0.25) is 9.48 Å². The van der Waals surface area contributed by atoms with Crippen LogP contribution < -0.4 is 5.56 Å². The Morgan fingerprint density at radius 2 is 2.06 bits per heavy atom. The third-order valence-electron chi connectivity index (χ3n) is 6.33. The first kappa shape index (κ1) is 19.2. The molecular weight excluding hydrogens is 404 g/mol. The summed E-state index contributed by atoms with van der Waals surface area (Å²) in [7, 11) is 0. The molecule has 3 aliphatic heterocycles. The summed E-state index contributed by atoms with van der Waals surface area (Å²) in [4.78, 5) is 13.2. The average Bonchev–Trinajstić information content (AvgIpc) is 3.49. The van der Waals surface area contributed by atoms with Gasteiger partial charge >= 0.3 is 0 Å². The summed E-state index contributed by atoms with van der Waals surface area (Å²) < 4.78 is 11.0. The van der Waals surface area contributed by atoms with Gasteiger partial charge in [0.2, 0.25) is 0 Å². The van der Waals surface area contributed by atoms with Gasteiger partial charge in [0.15, 0.2) is 5.69 Å². The second kappa shape index (κ2) is 7.87. The largest absolute Gasteiger partial charge is 0.379 e. The molecule has 4 heterocycles. The Balaban J connectivity index is 1.37. The van der Waals surface area contributed by atoms with Crippen molar-refractivity contribution >= 4 is 16.6 Å². The molecule has 1 aliphatic carbocycles. The SMILES string of the molecule is O=c1c2nn(CC3C=CC(n4cccn4)=CC3)c3ccccc3c-2nn1C1CCCOC1. The first-order valence-electron chi connectivity index (χ1n) is 11.1. The third kappa shape index (κ3) is 3.27. The smallest absolute Gasteiger partial charge is 0.297 e. The predicted octanol–water partition coefficient (Wildman–Crippen LogP) is 3.36. The van der Waals surface area contributed by atoms with E-state index in [1.807, 2.05) is 45.9 Å². The lowest BCUT2D eigenvalue weighted by atomic mass is 9.99. The molecule has 8 nitrogen and oxygen atoms in total. The van der Waals surface area contributed by atoms with Gasteiger partial charge in [0.1, 0.15) is 5.69 Å². The summed E-state index contributed by atoms with van der Waals surface area (Å²) in [6.45, 7) is 1.96. The van der Waals surface area contributed by atoms with Crippen molar-refractivity contribution in [1.82, 2.24) is 29.3 Å². The zero-order valence-electron chi connectivity index (χ0n) is 17.7. The van der Waals surface area contributed by atoms with Gasteiger partial charge in [-0.15, -0.1) is 0 Å². The molecule has 162 valence electrons. The first-order valence-corrected chi connectivity index (χ1v) is 11.1. The minimum absolute atomic E-state index is 0.0233. The van der Waals surface area contributed by atoms with Crippen molar-refractivity contribution in [2.75, 3.05) is 13.2 Å². The van der Waals surface area contributed by atoms with E-state index in [0.717, 1.165) is 42.5 Å². The number of benzene rings is 1. The molecule has 1 aromatic heterocycles. The van der Waals surface area contributed by atoms with Crippen LogP contribution in [0.2, 0.25) is 0 Å². The van der Waals surface area contributed by atoms with E-state index >= 15 is 0 Å². The normalized spacial score (nSPS) is 21.3. The highest BCUT2D eigenvalue weighted by molar-refractivity contribution is 5.91. The Morgan fingerprint density at radius 3 is 2.84 bits per heavy atom. The van der Waals surface area contributed by atoms with Crippen molar-refractivity contribution in [3.05, 3.63) is 71.3 Å². The van der Waals surface area contributed by atoms with Crippen molar-refractivity contribution < 1.29 is 4.74 Å². The molecule has 0 saturated carbocycles. The molecule has 0 amide bonds. The van der Waals surface area contributed by atoms with Gasteiger partial charge in [-0.05, 0) is 37.5 Å². The highest BCUT2D eigenvalue weighted by atomic mass is 16.5. The van der Waals surface area contributed by atoms with E-state index in [9.17, 15) is 4.79 Å². The molecule has 0 radical (unpaired) electrons. The number of aromatic nitrogens is 6. The Hall–Kier alpha value is -3.52. The molecule has 4 aliphatic rings. The van der Waals surface area contributed by atoms with Crippen molar-refractivity contribution in [3.63, 3.8) is 0 Å². The zero-order valence-corrected chi connectivity index (χ0v) is 17.7. The number of hydrogen-bond acceptors (Lipinski definition) is 5. The molecule has 8 heteroatoms. The van der Waals surface area contributed by atoms with E-state index in [4.69, 9.17) is 14.9 Å². The number of rotatable bonds is 4. The van der Waals surface area contributed by atoms with Crippen LogP contribution in [0, 0.1) is 5.92 Å². The van der Waals surface area contributed by atoms with Crippen LogP contribution >= 0.6 is 0 Å². The Kier molecular flexibility index (Phi) is 4.72. The molecule has 6 rings (SSSR count). The van der Waals surface area contributed by atoms with Crippen molar-refractivity contribution in [1.29, 1.82) is 0 Å². The molecule has 0 bridgehead atoms.